The first kappa shape index (κ1) is 15.1. The normalized spacial score (nSPS) is 11.3. The first-order valence-electron chi connectivity index (χ1n) is 6.00. The summed E-state index contributed by atoms with van der Waals surface area (Å²) in [5.41, 5.74) is -0.530. The van der Waals surface area contributed by atoms with Crippen LogP contribution in [0.4, 0.5) is 23.2 Å². The zero-order chi connectivity index (χ0) is 15.5. The van der Waals surface area contributed by atoms with Gasteiger partial charge in [-0.1, -0.05) is 6.07 Å². The van der Waals surface area contributed by atoms with Crippen LogP contribution in [0, 0.1) is 5.82 Å². The molecular weight excluding hydrogens is 288 g/mol. The maximum absolute atomic E-state index is 13.6. The number of hydrogen-bond donors (Lipinski definition) is 1. The lowest BCUT2D eigenvalue weighted by Crippen LogP contribution is -2.08. The van der Waals surface area contributed by atoms with Crippen LogP contribution in [-0.4, -0.2) is 12.1 Å². The van der Waals surface area contributed by atoms with Gasteiger partial charge in [-0.2, -0.15) is 13.2 Å². The molecule has 21 heavy (non-hydrogen) atoms. The maximum Gasteiger partial charge on any atom is 0.416 e. The minimum absolute atomic E-state index is 0.0925. The number of nitrogens with zero attached hydrogens (tertiary/aromatic N) is 1. The van der Waals surface area contributed by atoms with Crippen molar-refractivity contribution in [1.82, 2.24) is 4.98 Å². The Morgan fingerprint density at radius 3 is 2.67 bits per heavy atom. The summed E-state index contributed by atoms with van der Waals surface area (Å²) in [7, 11) is 1.43. The highest BCUT2D eigenvalue weighted by molar-refractivity contribution is 5.49. The van der Waals surface area contributed by atoms with Gasteiger partial charge in [-0.15, -0.1) is 0 Å². The average Bonchev–Trinajstić information content (AvgIpc) is 2.45. The molecule has 0 saturated carbocycles. The van der Waals surface area contributed by atoms with E-state index in [0.717, 1.165) is 12.1 Å². The minimum atomic E-state index is -4.52. The zero-order valence-corrected chi connectivity index (χ0v) is 11.0. The van der Waals surface area contributed by atoms with Gasteiger partial charge in [0, 0.05) is 18.3 Å². The van der Waals surface area contributed by atoms with Crippen LogP contribution in [0.15, 0.2) is 36.5 Å². The largest absolute Gasteiger partial charge is 0.481 e. The van der Waals surface area contributed by atoms with Crippen LogP contribution >= 0.6 is 0 Å². The molecule has 0 saturated heterocycles. The van der Waals surface area contributed by atoms with E-state index in [2.05, 4.69) is 10.3 Å². The number of aromatic nitrogens is 1. The van der Waals surface area contributed by atoms with Crippen molar-refractivity contribution in [3.05, 3.63) is 53.5 Å². The summed E-state index contributed by atoms with van der Waals surface area (Å²) < 4.78 is 56.4. The molecule has 0 aliphatic carbocycles. The highest BCUT2D eigenvalue weighted by Gasteiger charge is 2.31. The molecule has 3 nitrogen and oxygen atoms in total. The van der Waals surface area contributed by atoms with Gasteiger partial charge in [0.05, 0.1) is 18.4 Å². The van der Waals surface area contributed by atoms with Gasteiger partial charge in [-0.25, -0.2) is 9.37 Å². The third-order valence-corrected chi connectivity index (χ3v) is 2.81. The fourth-order valence-corrected chi connectivity index (χ4v) is 1.77. The molecule has 0 radical (unpaired) electrons. The third kappa shape index (κ3) is 3.62. The Bertz CT molecular complexity index is 629. The molecule has 2 aromatic rings. The fourth-order valence-electron chi connectivity index (χ4n) is 1.77. The molecule has 7 heteroatoms. The number of anilines is 1. The van der Waals surface area contributed by atoms with E-state index in [1.54, 1.807) is 12.1 Å². The summed E-state index contributed by atoms with van der Waals surface area (Å²) >= 11 is 0. The molecule has 0 aliphatic rings. The van der Waals surface area contributed by atoms with Gasteiger partial charge in [0.15, 0.2) is 0 Å². The highest BCUT2D eigenvalue weighted by Crippen LogP contribution is 2.32. The molecule has 0 bridgehead atoms. The fraction of sp³-hybridized carbons (Fsp3) is 0.214. The number of ether oxygens (including phenoxy) is 1. The summed E-state index contributed by atoms with van der Waals surface area (Å²) in [5, 5.41) is 2.62. The highest BCUT2D eigenvalue weighted by atomic mass is 19.4. The number of alkyl halides is 3. The predicted molar refractivity (Wildman–Crippen MR) is 69.5 cm³/mol. The third-order valence-electron chi connectivity index (χ3n) is 2.81. The van der Waals surface area contributed by atoms with Gasteiger partial charge in [-0.3, -0.25) is 0 Å². The van der Waals surface area contributed by atoms with Crippen molar-refractivity contribution >= 4 is 5.69 Å². The molecule has 1 N–H and O–H groups in total. The molecule has 112 valence electrons. The van der Waals surface area contributed by atoms with E-state index in [1.165, 1.54) is 13.3 Å². The molecular formula is C14H12F4N2O. The Kier molecular flexibility index (Phi) is 4.30. The van der Waals surface area contributed by atoms with Crippen molar-refractivity contribution in [3.8, 4) is 5.88 Å². The second kappa shape index (κ2) is 5.99. The Morgan fingerprint density at radius 2 is 2.00 bits per heavy atom. The summed E-state index contributed by atoms with van der Waals surface area (Å²) in [4.78, 5) is 3.95. The summed E-state index contributed by atoms with van der Waals surface area (Å²) in [6.45, 7) is 0.0925. The van der Waals surface area contributed by atoms with Crippen molar-refractivity contribution < 1.29 is 22.3 Å². The van der Waals surface area contributed by atoms with Gasteiger partial charge in [0.1, 0.15) is 5.82 Å². The van der Waals surface area contributed by atoms with Crippen molar-refractivity contribution in [1.29, 1.82) is 0 Å². The van der Waals surface area contributed by atoms with Crippen LogP contribution in [0.1, 0.15) is 11.1 Å². The second-order valence-electron chi connectivity index (χ2n) is 4.22. The summed E-state index contributed by atoms with van der Waals surface area (Å²) in [6.07, 6.45) is -3.00. The molecule has 0 aliphatic heterocycles. The number of pyridine rings is 1. The Balaban J connectivity index is 2.20. The average molecular weight is 300 g/mol. The van der Waals surface area contributed by atoms with Crippen LogP contribution in [0.5, 0.6) is 5.88 Å². The monoisotopic (exact) mass is 300 g/mol. The quantitative estimate of drug-likeness (QED) is 0.871. The molecule has 2 rings (SSSR count). The first-order chi connectivity index (χ1) is 9.91. The number of benzene rings is 1. The van der Waals surface area contributed by atoms with Crippen molar-refractivity contribution in [2.75, 3.05) is 12.4 Å². The Hall–Kier alpha value is -2.31. The molecule has 1 aromatic carbocycles. The van der Waals surface area contributed by atoms with Gasteiger partial charge >= 0.3 is 6.18 Å². The molecule has 1 aromatic heterocycles. The smallest absolute Gasteiger partial charge is 0.416 e. The van der Waals surface area contributed by atoms with E-state index in [9.17, 15) is 17.6 Å². The minimum Gasteiger partial charge on any atom is -0.481 e. The van der Waals surface area contributed by atoms with E-state index < -0.39 is 17.6 Å². The maximum atomic E-state index is 13.6. The van der Waals surface area contributed by atoms with Crippen LogP contribution in [0.2, 0.25) is 0 Å². The Labute approximate surface area is 118 Å². The standard InChI is InChI=1S/C14H12F4N2O/c1-21-13-9(3-2-6-19-13)8-20-12-7-10(14(16,17)18)4-5-11(12)15/h2-7,20H,8H2,1H3. The van der Waals surface area contributed by atoms with Crippen LogP contribution in [0.3, 0.4) is 0 Å². The number of hydrogen-bond acceptors (Lipinski definition) is 3. The molecule has 0 atom stereocenters. The SMILES string of the molecule is COc1ncccc1CNc1cc(C(F)(F)F)ccc1F. The lowest BCUT2D eigenvalue weighted by atomic mass is 10.1. The lowest BCUT2D eigenvalue weighted by Gasteiger charge is -2.12. The molecule has 0 unspecified atom stereocenters. The topological polar surface area (TPSA) is 34.1 Å². The van der Waals surface area contributed by atoms with E-state index in [4.69, 9.17) is 4.74 Å². The van der Waals surface area contributed by atoms with Gasteiger partial charge in [-0.05, 0) is 24.3 Å². The Morgan fingerprint density at radius 1 is 1.24 bits per heavy atom. The molecule has 0 fully saturated rings. The van der Waals surface area contributed by atoms with Crippen molar-refractivity contribution in [2.24, 2.45) is 0 Å². The van der Waals surface area contributed by atoms with E-state index >= 15 is 0 Å². The van der Waals surface area contributed by atoms with Gasteiger partial charge in [0.25, 0.3) is 0 Å². The molecule has 0 spiro atoms. The summed E-state index contributed by atoms with van der Waals surface area (Å²) in [5.74, 6) is -0.428. The number of rotatable bonds is 4. The number of nitrogens with one attached hydrogen (secondary N) is 1. The number of halogens is 4. The van der Waals surface area contributed by atoms with E-state index in [-0.39, 0.29) is 12.2 Å². The van der Waals surface area contributed by atoms with Crippen LogP contribution < -0.4 is 10.1 Å². The summed E-state index contributed by atoms with van der Waals surface area (Å²) in [6, 6.07) is 5.56. The van der Waals surface area contributed by atoms with E-state index in [0.29, 0.717) is 17.5 Å². The molecule has 0 amide bonds. The number of methoxy groups -OCH3 is 1. The second-order valence-corrected chi connectivity index (χ2v) is 4.22. The van der Waals surface area contributed by atoms with Gasteiger partial charge in [0.2, 0.25) is 5.88 Å². The van der Waals surface area contributed by atoms with Crippen LogP contribution in [-0.2, 0) is 12.7 Å². The lowest BCUT2D eigenvalue weighted by molar-refractivity contribution is -0.137. The molecule has 1 heterocycles. The van der Waals surface area contributed by atoms with E-state index in [1.807, 2.05) is 0 Å². The van der Waals surface area contributed by atoms with Crippen molar-refractivity contribution in [3.63, 3.8) is 0 Å². The predicted octanol–water partition coefficient (Wildman–Crippen LogP) is 3.86. The zero-order valence-electron chi connectivity index (χ0n) is 11.0. The van der Waals surface area contributed by atoms with Crippen molar-refractivity contribution in [2.45, 2.75) is 12.7 Å². The van der Waals surface area contributed by atoms with Gasteiger partial charge < -0.3 is 10.1 Å². The van der Waals surface area contributed by atoms with Crippen LogP contribution in [0.25, 0.3) is 0 Å². The first-order valence-corrected chi connectivity index (χ1v) is 6.00.